The van der Waals surface area contributed by atoms with E-state index in [1.807, 2.05) is 0 Å². The van der Waals surface area contributed by atoms with Gasteiger partial charge in [-0.2, -0.15) is 0 Å². The number of hydrogen-bond donors (Lipinski definition) is 1. The molecule has 0 atom stereocenters. The molecule has 78 valence electrons. The van der Waals surface area contributed by atoms with Crippen molar-refractivity contribution in [2.45, 2.75) is 18.3 Å². The lowest BCUT2D eigenvalue weighted by atomic mass is 9.92. The molecule has 0 heterocycles. The van der Waals surface area contributed by atoms with E-state index in [0.717, 1.165) is 12.1 Å². The van der Waals surface area contributed by atoms with E-state index in [0.29, 0.717) is 24.7 Å². The first-order valence-corrected chi connectivity index (χ1v) is 4.59. The minimum atomic E-state index is -1.03. The summed E-state index contributed by atoms with van der Waals surface area (Å²) >= 11 is 0. The molecule has 2 rings (SSSR count). The van der Waals surface area contributed by atoms with Crippen LogP contribution in [0.15, 0.2) is 18.2 Å². The summed E-state index contributed by atoms with van der Waals surface area (Å²) in [6.07, 6.45) is 1.50. The summed E-state index contributed by atoms with van der Waals surface area (Å²) in [7, 11) is 0. The van der Waals surface area contributed by atoms with Gasteiger partial charge in [0, 0.05) is 5.56 Å². The molecule has 0 amide bonds. The van der Waals surface area contributed by atoms with Crippen LogP contribution in [0.4, 0.5) is 4.39 Å². The van der Waals surface area contributed by atoms with Gasteiger partial charge in [-0.1, -0.05) is 0 Å². The van der Waals surface area contributed by atoms with Crippen LogP contribution in [0.5, 0.6) is 0 Å². The molecular formula is C11H9FO3. The highest BCUT2D eigenvalue weighted by Gasteiger charge is 2.52. The van der Waals surface area contributed by atoms with Gasteiger partial charge in [0.15, 0.2) is 0 Å². The second-order valence-corrected chi connectivity index (χ2v) is 3.74. The van der Waals surface area contributed by atoms with Crippen LogP contribution in [0, 0.1) is 5.82 Å². The first-order chi connectivity index (χ1) is 7.10. The fourth-order valence-electron chi connectivity index (χ4n) is 1.77. The van der Waals surface area contributed by atoms with Crippen molar-refractivity contribution in [1.82, 2.24) is 0 Å². The Bertz CT molecular complexity index is 435. The number of benzene rings is 1. The Kier molecular flexibility index (Phi) is 2.07. The monoisotopic (exact) mass is 208 g/mol. The van der Waals surface area contributed by atoms with Gasteiger partial charge in [0.25, 0.3) is 0 Å². The Morgan fingerprint density at radius 3 is 2.60 bits per heavy atom. The number of carboxylic acids is 1. The van der Waals surface area contributed by atoms with Gasteiger partial charge in [-0.05, 0) is 36.6 Å². The maximum absolute atomic E-state index is 13.0. The predicted octanol–water partition coefficient (Wildman–Crippen LogP) is 1.75. The highest BCUT2D eigenvalue weighted by atomic mass is 19.1. The van der Waals surface area contributed by atoms with Crippen molar-refractivity contribution in [3.8, 4) is 0 Å². The van der Waals surface area contributed by atoms with E-state index in [1.165, 1.54) is 6.07 Å². The molecule has 1 N–H and O–H groups in total. The van der Waals surface area contributed by atoms with Crippen LogP contribution in [-0.2, 0) is 10.2 Å². The van der Waals surface area contributed by atoms with E-state index in [-0.39, 0.29) is 5.56 Å². The lowest BCUT2D eigenvalue weighted by molar-refractivity contribution is -0.140. The number of carbonyl (C=O) groups is 2. The molecule has 1 aromatic rings. The molecule has 0 unspecified atom stereocenters. The summed E-state index contributed by atoms with van der Waals surface area (Å²) in [6, 6.07) is 3.62. The van der Waals surface area contributed by atoms with Crippen molar-refractivity contribution in [3.05, 3.63) is 35.1 Å². The molecule has 0 aliphatic heterocycles. The van der Waals surface area contributed by atoms with Crippen LogP contribution < -0.4 is 0 Å². The molecule has 0 aromatic heterocycles. The third-order valence-electron chi connectivity index (χ3n) is 2.82. The summed E-state index contributed by atoms with van der Waals surface area (Å²) in [6.45, 7) is 0. The van der Waals surface area contributed by atoms with Crippen molar-refractivity contribution in [3.63, 3.8) is 0 Å². The van der Waals surface area contributed by atoms with Crippen LogP contribution in [0.3, 0.4) is 0 Å². The van der Waals surface area contributed by atoms with Crippen LogP contribution in [0.2, 0.25) is 0 Å². The minimum Gasteiger partial charge on any atom is -0.481 e. The number of carbonyl (C=O) groups excluding carboxylic acids is 1. The maximum atomic E-state index is 13.0. The first kappa shape index (κ1) is 9.83. The van der Waals surface area contributed by atoms with Gasteiger partial charge in [0.05, 0.1) is 5.41 Å². The maximum Gasteiger partial charge on any atom is 0.314 e. The largest absolute Gasteiger partial charge is 0.481 e. The zero-order chi connectivity index (χ0) is 11.1. The lowest BCUT2D eigenvalue weighted by Crippen LogP contribution is -2.21. The molecule has 0 saturated heterocycles. The summed E-state index contributed by atoms with van der Waals surface area (Å²) in [4.78, 5) is 21.7. The molecule has 0 radical (unpaired) electrons. The zero-order valence-corrected chi connectivity index (χ0v) is 7.87. The Morgan fingerprint density at radius 2 is 2.13 bits per heavy atom. The summed E-state index contributed by atoms with van der Waals surface area (Å²) in [5.74, 6) is -1.50. The first-order valence-electron chi connectivity index (χ1n) is 4.59. The number of aliphatic carboxylic acids is 1. The Hall–Kier alpha value is -1.71. The fourth-order valence-corrected chi connectivity index (χ4v) is 1.77. The quantitative estimate of drug-likeness (QED) is 0.770. The van der Waals surface area contributed by atoms with Gasteiger partial charge >= 0.3 is 5.97 Å². The average molecular weight is 208 g/mol. The third kappa shape index (κ3) is 1.42. The fraction of sp³-hybridized carbons (Fsp3) is 0.273. The van der Waals surface area contributed by atoms with Crippen molar-refractivity contribution < 1.29 is 19.1 Å². The number of rotatable bonds is 3. The minimum absolute atomic E-state index is 0.260. The van der Waals surface area contributed by atoms with E-state index in [1.54, 1.807) is 0 Å². The number of aldehydes is 1. The van der Waals surface area contributed by atoms with Crippen LogP contribution in [-0.4, -0.2) is 17.4 Å². The molecule has 1 saturated carbocycles. The molecule has 3 nitrogen and oxygen atoms in total. The Labute approximate surface area is 85.5 Å². The van der Waals surface area contributed by atoms with Crippen LogP contribution >= 0.6 is 0 Å². The standard InChI is InChI=1S/C11H9FO3/c12-8-2-1-7(6-13)9(5-8)11(3-4-11)10(14)15/h1-2,5-6H,3-4H2,(H,14,15). The molecule has 0 bridgehead atoms. The van der Waals surface area contributed by atoms with Gasteiger partial charge in [-0.25, -0.2) is 4.39 Å². The second kappa shape index (κ2) is 3.15. The molecule has 1 aromatic carbocycles. The van der Waals surface area contributed by atoms with E-state index in [9.17, 15) is 14.0 Å². The normalized spacial score (nSPS) is 17.1. The summed E-state index contributed by atoms with van der Waals surface area (Å²) < 4.78 is 13.0. The van der Waals surface area contributed by atoms with Crippen LogP contribution in [0.1, 0.15) is 28.8 Å². The van der Waals surface area contributed by atoms with Crippen molar-refractivity contribution in [2.75, 3.05) is 0 Å². The molecular weight excluding hydrogens is 199 g/mol. The number of carboxylic acid groups (broad SMARTS) is 1. The molecule has 1 aliphatic carbocycles. The van der Waals surface area contributed by atoms with E-state index >= 15 is 0 Å². The van der Waals surface area contributed by atoms with Gasteiger partial charge < -0.3 is 5.11 Å². The molecule has 15 heavy (non-hydrogen) atoms. The van der Waals surface area contributed by atoms with Crippen molar-refractivity contribution in [2.24, 2.45) is 0 Å². The SMILES string of the molecule is O=Cc1ccc(F)cc1C1(C(=O)O)CC1. The Balaban J connectivity index is 2.56. The Morgan fingerprint density at radius 1 is 1.47 bits per heavy atom. The lowest BCUT2D eigenvalue weighted by Gasteiger charge is -2.12. The van der Waals surface area contributed by atoms with E-state index in [4.69, 9.17) is 5.11 Å². The average Bonchev–Trinajstić information content (AvgIpc) is 2.98. The smallest absolute Gasteiger partial charge is 0.314 e. The summed E-state index contributed by atoms with van der Waals surface area (Å²) in [5, 5.41) is 9.03. The molecule has 0 spiro atoms. The van der Waals surface area contributed by atoms with E-state index in [2.05, 4.69) is 0 Å². The molecule has 4 heteroatoms. The third-order valence-corrected chi connectivity index (χ3v) is 2.82. The number of halogens is 1. The predicted molar refractivity (Wildman–Crippen MR) is 50.3 cm³/mol. The topological polar surface area (TPSA) is 54.4 Å². The highest BCUT2D eigenvalue weighted by molar-refractivity contribution is 5.89. The van der Waals surface area contributed by atoms with Crippen molar-refractivity contribution >= 4 is 12.3 Å². The van der Waals surface area contributed by atoms with Gasteiger partial charge in [-0.15, -0.1) is 0 Å². The van der Waals surface area contributed by atoms with Gasteiger partial charge in [0.1, 0.15) is 12.1 Å². The van der Waals surface area contributed by atoms with Crippen molar-refractivity contribution in [1.29, 1.82) is 0 Å². The van der Waals surface area contributed by atoms with Gasteiger partial charge in [0.2, 0.25) is 0 Å². The zero-order valence-electron chi connectivity index (χ0n) is 7.87. The van der Waals surface area contributed by atoms with Crippen LogP contribution in [0.25, 0.3) is 0 Å². The van der Waals surface area contributed by atoms with Gasteiger partial charge in [-0.3, -0.25) is 9.59 Å². The molecule has 1 aliphatic rings. The summed E-state index contributed by atoms with van der Waals surface area (Å²) in [5.41, 5.74) is -0.473. The number of hydrogen-bond acceptors (Lipinski definition) is 2. The second-order valence-electron chi connectivity index (χ2n) is 3.74. The molecule has 1 fully saturated rings. The van der Waals surface area contributed by atoms with E-state index < -0.39 is 17.2 Å². The highest BCUT2D eigenvalue weighted by Crippen LogP contribution is 2.49.